The van der Waals surface area contributed by atoms with Crippen LogP contribution in [0.15, 0.2) is 66.6 Å². The number of benzene rings is 1. The fourth-order valence-corrected chi connectivity index (χ4v) is 4.71. The molecule has 0 spiro atoms. The first-order valence-electron chi connectivity index (χ1n) is 9.52. The van der Waals surface area contributed by atoms with Crippen LogP contribution in [-0.4, -0.2) is 46.0 Å². The molecule has 1 aromatic carbocycles. The molecule has 0 bridgehead atoms. The summed E-state index contributed by atoms with van der Waals surface area (Å²) in [7, 11) is 0. The molecule has 1 saturated heterocycles. The van der Waals surface area contributed by atoms with Gasteiger partial charge < -0.3 is 4.90 Å². The van der Waals surface area contributed by atoms with Crippen LogP contribution in [-0.2, 0) is 6.54 Å². The van der Waals surface area contributed by atoms with Gasteiger partial charge in [0.2, 0.25) is 0 Å². The minimum Gasteiger partial charge on any atom is -0.353 e. The van der Waals surface area contributed by atoms with Gasteiger partial charge in [0.05, 0.1) is 5.39 Å². The Morgan fingerprint density at radius 2 is 1.79 bits per heavy atom. The minimum absolute atomic E-state index is 0.953. The van der Waals surface area contributed by atoms with Crippen molar-refractivity contribution in [1.82, 2.24) is 19.9 Å². The fourth-order valence-electron chi connectivity index (χ4n) is 3.80. The van der Waals surface area contributed by atoms with Gasteiger partial charge >= 0.3 is 0 Å². The molecule has 0 aliphatic carbocycles. The number of hydrogen-bond acceptors (Lipinski definition) is 6. The van der Waals surface area contributed by atoms with E-state index in [-0.39, 0.29) is 0 Å². The van der Waals surface area contributed by atoms with E-state index >= 15 is 0 Å². The van der Waals surface area contributed by atoms with Crippen molar-refractivity contribution in [3.63, 3.8) is 0 Å². The first-order chi connectivity index (χ1) is 13.9. The zero-order valence-electron chi connectivity index (χ0n) is 15.5. The fraction of sp³-hybridized carbons (Fsp3) is 0.227. The topological polar surface area (TPSA) is 45.2 Å². The summed E-state index contributed by atoms with van der Waals surface area (Å²) < 4.78 is 0. The molecule has 0 amide bonds. The Morgan fingerprint density at radius 3 is 2.57 bits per heavy atom. The number of aromatic nitrogens is 3. The zero-order chi connectivity index (χ0) is 18.8. The SMILES string of the molecule is c1ccc(-c2csc3ncnc(N4CCN(Cc5cccnc5)CC4)c23)cc1. The van der Waals surface area contributed by atoms with E-state index in [0.717, 1.165) is 43.4 Å². The molecule has 0 atom stereocenters. The maximum atomic E-state index is 4.69. The molecular formula is C22H21N5S. The van der Waals surface area contributed by atoms with Gasteiger partial charge in [0, 0.05) is 56.1 Å². The van der Waals surface area contributed by atoms with Crippen molar-refractivity contribution in [2.75, 3.05) is 31.1 Å². The Labute approximate surface area is 168 Å². The van der Waals surface area contributed by atoms with Crippen LogP contribution in [0, 0.1) is 0 Å². The number of anilines is 1. The largest absolute Gasteiger partial charge is 0.353 e. The quantitative estimate of drug-likeness (QED) is 0.528. The van der Waals surface area contributed by atoms with Crippen molar-refractivity contribution in [2.24, 2.45) is 0 Å². The van der Waals surface area contributed by atoms with Crippen LogP contribution >= 0.6 is 11.3 Å². The van der Waals surface area contributed by atoms with Crippen LogP contribution in [0.3, 0.4) is 0 Å². The molecule has 5 rings (SSSR count). The summed E-state index contributed by atoms with van der Waals surface area (Å²) in [4.78, 5) is 19.4. The molecule has 4 aromatic rings. The highest BCUT2D eigenvalue weighted by Gasteiger charge is 2.22. The first kappa shape index (κ1) is 17.3. The van der Waals surface area contributed by atoms with E-state index in [1.54, 1.807) is 17.7 Å². The average molecular weight is 388 g/mol. The van der Waals surface area contributed by atoms with Crippen molar-refractivity contribution in [3.05, 3.63) is 72.1 Å². The highest BCUT2D eigenvalue weighted by atomic mass is 32.1. The summed E-state index contributed by atoms with van der Waals surface area (Å²) in [6.45, 7) is 4.93. The summed E-state index contributed by atoms with van der Waals surface area (Å²) >= 11 is 1.69. The Hall–Kier alpha value is -2.83. The van der Waals surface area contributed by atoms with E-state index < -0.39 is 0 Å². The summed E-state index contributed by atoms with van der Waals surface area (Å²) in [5, 5.41) is 3.39. The van der Waals surface area contributed by atoms with E-state index in [1.165, 1.54) is 22.1 Å². The summed E-state index contributed by atoms with van der Waals surface area (Å²) in [5.74, 6) is 1.06. The van der Waals surface area contributed by atoms with Crippen molar-refractivity contribution >= 4 is 27.4 Å². The molecule has 0 saturated carbocycles. The smallest absolute Gasteiger partial charge is 0.141 e. The van der Waals surface area contributed by atoms with Gasteiger partial charge in [-0.3, -0.25) is 9.88 Å². The van der Waals surface area contributed by atoms with Crippen LogP contribution in [0.1, 0.15) is 5.56 Å². The number of rotatable bonds is 4. The van der Waals surface area contributed by atoms with Gasteiger partial charge in [0.1, 0.15) is 17.0 Å². The third kappa shape index (κ3) is 3.37. The lowest BCUT2D eigenvalue weighted by Crippen LogP contribution is -2.46. The summed E-state index contributed by atoms with van der Waals surface area (Å²) in [6, 6.07) is 14.7. The van der Waals surface area contributed by atoms with Gasteiger partial charge in [-0.05, 0) is 17.2 Å². The second-order valence-electron chi connectivity index (χ2n) is 7.02. The molecule has 1 fully saturated rings. The molecule has 3 aromatic heterocycles. The van der Waals surface area contributed by atoms with E-state index in [0.29, 0.717) is 0 Å². The normalized spacial score (nSPS) is 15.2. The monoisotopic (exact) mass is 387 g/mol. The number of piperazine rings is 1. The van der Waals surface area contributed by atoms with Gasteiger partial charge in [-0.1, -0.05) is 36.4 Å². The Morgan fingerprint density at radius 1 is 0.929 bits per heavy atom. The molecule has 5 nitrogen and oxygen atoms in total. The van der Waals surface area contributed by atoms with Gasteiger partial charge in [-0.25, -0.2) is 9.97 Å². The Kier molecular flexibility index (Phi) is 4.72. The molecule has 28 heavy (non-hydrogen) atoms. The Bertz CT molecular complexity index is 1060. The third-order valence-electron chi connectivity index (χ3n) is 5.24. The van der Waals surface area contributed by atoms with Crippen LogP contribution in [0.2, 0.25) is 0 Å². The van der Waals surface area contributed by atoms with Crippen molar-refractivity contribution < 1.29 is 0 Å². The highest BCUT2D eigenvalue weighted by Crippen LogP contribution is 2.37. The molecule has 6 heteroatoms. The molecule has 0 N–H and O–H groups in total. The van der Waals surface area contributed by atoms with E-state index in [2.05, 4.69) is 61.5 Å². The van der Waals surface area contributed by atoms with E-state index in [1.807, 2.05) is 18.5 Å². The van der Waals surface area contributed by atoms with Crippen LogP contribution < -0.4 is 4.90 Å². The number of nitrogens with zero attached hydrogens (tertiary/aromatic N) is 5. The lowest BCUT2D eigenvalue weighted by Gasteiger charge is -2.35. The van der Waals surface area contributed by atoms with Crippen LogP contribution in [0.5, 0.6) is 0 Å². The van der Waals surface area contributed by atoms with Gasteiger partial charge in [0.15, 0.2) is 0 Å². The van der Waals surface area contributed by atoms with Gasteiger partial charge in [-0.2, -0.15) is 0 Å². The highest BCUT2D eigenvalue weighted by molar-refractivity contribution is 7.17. The second-order valence-corrected chi connectivity index (χ2v) is 7.88. The van der Waals surface area contributed by atoms with Crippen LogP contribution in [0.25, 0.3) is 21.3 Å². The number of hydrogen-bond donors (Lipinski definition) is 0. The Balaban J connectivity index is 1.39. The summed E-state index contributed by atoms with van der Waals surface area (Å²) in [6.07, 6.45) is 5.48. The third-order valence-corrected chi connectivity index (χ3v) is 6.12. The summed E-state index contributed by atoms with van der Waals surface area (Å²) in [5.41, 5.74) is 3.72. The molecular weight excluding hydrogens is 366 g/mol. The van der Waals surface area contributed by atoms with Crippen molar-refractivity contribution in [2.45, 2.75) is 6.54 Å². The standard InChI is InChI=1S/C22H21N5S/c1-2-6-18(7-3-1)19-15-28-22-20(19)21(24-16-25-22)27-11-9-26(10-12-27)14-17-5-4-8-23-13-17/h1-8,13,15-16H,9-12,14H2. The predicted octanol–water partition coefficient (Wildman–Crippen LogP) is 4.08. The molecule has 1 aliphatic heterocycles. The lowest BCUT2D eigenvalue weighted by atomic mass is 10.1. The molecule has 0 radical (unpaired) electrons. The molecule has 140 valence electrons. The van der Waals surface area contributed by atoms with Crippen LogP contribution in [0.4, 0.5) is 5.82 Å². The maximum absolute atomic E-state index is 4.69. The predicted molar refractivity (Wildman–Crippen MR) is 115 cm³/mol. The molecule has 4 heterocycles. The van der Waals surface area contributed by atoms with E-state index in [9.17, 15) is 0 Å². The second kappa shape index (κ2) is 7.66. The van der Waals surface area contributed by atoms with Gasteiger partial charge in [-0.15, -0.1) is 11.3 Å². The van der Waals surface area contributed by atoms with Crippen molar-refractivity contribution in [1.29, 1.82) is 0 Å². The molecule has 0 unspecified atom stereocenters. The number of fused-ring (bicyclic) bond motifs is 1. The lowest BCUT2D eigenvalue weighted by molar-refractivity contribution is 0.249. The number of pyridine rings is 1. The maximum Gasteiger partial charge on any atom is 0.141 e. The first-order valence-corrected chi connectivity index (χ1v) is 10.4. The van der Waals surface area contributed by atoms with E-state index in [4.69, 9.17) is 4.98 Å². The minimum atomic E-state index is 0.953. The molecule has 1 aliphatic rings. The number of thiophene rings is 1. The van der Waals surface area contributed by atoms with Crippen molar-refractivity contribution in [3.8, 4) is 11.1 Å². The zero-order valence-corrected chi connectivity index (χ0v) is 16.3. The average Bonchev–Trinajstić information content (AvgIpc) is 3.20. The van der Waals surface area contributed by atoms with Gasteiger partial charge in [0.25, 0.3) is 0 Å².